The molecule has 0 radical (unpaired) electrons. The largest absolute Gasteiger partial charge is 0.383 e. The first-order valence-electron chi connectivity index (χ1n) is 11.4. The van der Waals surface area contributed by atoms with E-state index in [0.717, 1.165) is 38.8 Å². The van der Waals surface area contributed by atoms with Gasteiger partial charge < -0.3 is 15.3 Å². The Hall–Kier alpha value is -2.45. The third-order valence-electron chi connectivity index (χ3n) is 6.30. The van der Waals surface area contributed by atoms with Crippen molar-refractivity contribution in [3.63, 3.8) is 0 Å². The van der Waals surface area contributed by atoms with Crippen LogP contribution in [0, 0.1) is 5.92 Å². The maximum Gasteiger partial charge on any atom is 0.321 e. The number of amides is 3. The monoisotopic (exact) mass is 446 g/mol. The van der Waals surface area contributed by atoms with E-state index in [1.54, 1.807) is 16.8 Å². The Morgan fingerprint density at radius 1 is 1.25 bits per heavy atom. The number of nitrogens with zero attached hydrogens (tertiary/aromatic N) is 3. The Morgan fingerprint density at radius 3 is 2.38 bits per heavy atom. The molecular formula is C24H38N4O4. The minimum atomic E-state index is -1.31. The second kappa shape index (κ2) is 11.4. The SMILES string of the molecule is CCC(C)N(C=O)c1ccccc1N(C)C(=O)NCC1CCN(CC(=O)C(C)(C)O)CC1. The topological polar surface area (TPSA) is 93.2 Å². The predicted octanol–water partition coefficient (Wildman–Crippen LogP) is 2.65. The number of rotatable bonds is 10. The lowest BCUT2D eigenvalue weighted by Crippen LogP contribution is -2.46. The van der Waals surface area contributed by atoms with E-state index < -0.39 is 5.60 Å². The van der Waals surface area contributed by atoms with E-state index in [1.807, 2.05) is 38.1 Å². The highest BCUT2D eigenvalue weighted by atomic mass is 16.3. The van der Waals surface area contributed by atoms with Crippen LogP contribution in [0.1, 0.15) is 47.0 Å². The van der Waals surface area contributed by atoms with Gasteiger partial charge in [-0.05, 0) is 71.2 Å². The summed E-state index contributed by atoms with van der Waals surface area (Å²) in [6, 6.07) is 7.22. The molecule has 3 amide bonds. The van der Waals surface area contributed by atoms with Crippen LogP contribution in [0.25, 0.3) is 0 Å². The van der Waals surface area contributed by atoms with Crippen LogP contribution in [-0.4, -0.2) is 73.1 Å². The molecule has 0 aliphatic carbocycles. The number of carbonyl (C=O) groups is 3. The summed E-state index contributed by atoms with van der Waals surface area (Å²) in [5.74, 6) is 0.161. The van der Waals surface area contributed by atoms with Gasteiger partial charge in [0.1, 0.15) is 5.60 Å². The van der Waals surface area contributed by atoms with E-state index in [2.05, 4.69) is 10.2 Å². The van der Waals surface area contributed by atoms with Gasteiger partial charge in [0, 0.05) is 19.6 Å². The molecule has 2 N–H and O–H groups in total. The van der Waals surface area contributed by atoms with E-state index in [0.29, 0.717) is 23.8 Å². The fourth-order valence-electron chi connectivity index (χ4n) is 3.77. The molecule has 0 bridgehead atoms. The first-order valence-corrected chi connectivity index (χ1v) is 11.4. The van der Waals surface area contributed by atoms with Gasteiger partial charge in [-0.1, -0.05) is 19.1 Å². The van der Waals surface area contributed by atoms with E-state index in [4.69, 9.17) is 0 Å². The number of anilines is 2. The van der Waals surface area contributed by atoms with Crippen LogP contribution in [0.15, 0.2) is 24.3 Å². The molecule has 8 heteroatoms. The van der Waals surface area contributed by atoms with Crippen molar-refractivity contribution in [1.82, 2.24) is 10.2 Å². The number of Topliss-reactive ketones (excluding diaryl/α,β-unsaturated/α-hetero) is 1. The van der Waals surface area contributed by atoms with Gasteiger partial charge in [0.25, 0.3) is 0 Å². The van der Waals surface area contributed by atoms with Crippen molar-refractivity contribution in [3.8, 4) is 0 Å². The standard InChI is InChI=1S/C24H38N4O4/c1-6-18(2)28(17-29)21-10-8-7-9-20(21)26(5)23(31)25-15-19-11-13-27(14-12-19)16-22(30)24(3,4)32/h7-10,17-19,32H,6,11-16H2,1-5H3,(H,25,31). The molecule has 1 aromatic carbocycles. The molecule has 1 aromatic rings. The van der Waals surface area contributed by atoms with Crippen LogP contribution in [0.4, 0.5) is 16.2 Å². The number of aliphatic hydroxyl groups is 1. The number of nitrogens with one attached hydrogen (secondary N) is 1. The summed E-state index contributed by atoms with van der Waals surface area (Å²) in [7, 11) is 1.71. The zero-order chi connectivity index (χ0) is 23.9. The van der Waals surface area contributed by atoms with Crippen molar-refractivity contribution < 1.29 is 19.5 Å². The summed E-state index contributed by atoms with van der Waals surface area (Å²) in [5.41, 5.74) is 0.0803. The van der Waals surface area contributed by atoms with Gasteiger partial charge in [0.15, 0.2) is 5.78 Å². The van der Waals surface area contributed by atoms with Gasteiger partial charge in [-0.2, -0.15) is 0 Å². The number of benzene rings is 1. The van der Waals surface area contributed by atoms with Gasteiger partial charge >= 0.3 is 6.03 Å². The maximum atomic E-state index is 12.8. The molecule has 1 saturated heterocycles. The molecule has 0 spiro atoms. The van der Waals surface area contributed by atoms with Crippen molar-refractivity contribution in [2.45, 2.75) is 58.6 Å². The van der Waals surface area contributed by atoms with E-state index in [1.165, 1.54) is 13.8 Å². The molecule has 1 unspecified atom stereocenters. The maximum absolute atomic E-state index is 12.8. The fraction of sp³-hybridized carbons (Fsp3) is 0.625. The van der Waals surface area contributed by atoms with E-state index >= 15 is 0 Å². The predicted molar refractivity (Wildman–Crippen MR) is 127 cm³/mol. The number of para-hydroxylation sites is 2. The van der Waals surface area contributed by atoms with Gasteiger partial charge in [-0.25, -0.2) is 4.79 Å². The lowest BCUT2D eigenvalue weighted by Gasteiger charge is -2.33. The highest BCUT2D eigenvalue weighted by Crippen LogP contribution is 2.30. The van der Waals surface area contributed by atoms with Crippen LogP contribution >= 0.6 is 0 Å². The van der Waals surface area contributed by atoms with Crippen molar-refractivity contribution in [2.24, 2.45) is 5.92 Å². The summed E-state index contributed by atoms with van der Waals surface area (Å²) < 4.78 is 0. The fourth-order valence-corrected chi connectivity index (χ4v) is 3.77. The van der Waals surface area contributed by atoms with Crippen LogP contribution in [-0.2, 0) is 9.59 Å². The Labute approximate surface area is 191 Å². The third kappa shape index (κ3) is 6.77. The molecule has 8 nitrogen and oxygen atoms in total. The summed E-state index contributed by atoms with van der Waals surface area (Å²) in [4.78, 5) is 41.8. The highest BCUT2D eigenvalue weighted by Gasteiger charge is 2.28. The number of likely N-dealkylation sites (tertiary alicyclic amines) is 1. The van der Waals surface area contributed by atoms with Crippen molar-refractivity contribution in [3.05, 3.63) is 24.3 Å². The number of hydrogen-bond acceptors (Lipinski definition) is 5. The molecule has 0 aromatic heterocycles. The first-order chi connectivity index (χ1) is 15.1. The van der Waals surface area contributed by atoms with Crippen LogP contribution in [0.2, 0.25) is 0 Å². The Kier molecular flexibility index (Phi) is 9.21. The number of piperidine rings is 1. The molecule has 32 heavy (non-hydrogen) atoms. The van der Waals surface area contributed by atoms with Gasteiger partial charge in [0.05, 0.1) is 17.9 Å². The first kappa shape index (κ1) is 25.8. The smallest absolute Gasteiger partial charge is 0.321 e. The molecule has 1 aliphatic rings. The molecule has 1 aliphatic heterocycles. The summed E-state index contributed by atoms with van der Waals surface area (Å²) in [6.45, 7) is 9.38. The second-order valence-corrected chi connectivity index (χ2v) is 9.21. The lowest BCUT2D eigenvalue weighted by molar-refractivity contribution is -0.135. The Bertz CT molecular complexity index is 784. The minimum Gasteiger partial charge on any atom is -0.383 e. The molecule has 1 atom stereocenters. The quantitative estimate of drug-likeness (QED) is 0.539. The number of hydrogen-bond donors (Lipinski definition) is 2. The normalized spacial score (nSPS) is 16.3. The third-order valence-corrected chi connectivity index (χ3v) is 6.30. The number of urea groups is 1. The second-order valence-electron chi connectivity index (χ2n) is 9.21. The van der Waals surface area contributed by atoms with E-state index in [9.17, 15) is 19.5 Å². The Balaban J connectivity index is 1.91. The van der Waals surface area contributed by atoms with Gasteiger partial charge in [0.2, 0.25) is 6.41 Å². The van der Waals surface area contributed by atoms with Crippen molar-refractivity contribution in [1.29, 1.82) is 0 Å². The molecule has 1 heterocycles. The number of carbonyl (C=O) groups excluding carboxylic acids is 3. The minimum absolute atomic E-state index is 0.0265. The summed E-state index contributed by atoms with van der Waals surface area (Å²) in [5, 5.41) is 12.8. The van der Waals surface area contributed by atoms with Gasteiger partial charge in [-0.3, -0.25) is 19.4 Å². The molecule has 178 valence electrons. The molecular weight excluding hydrogens is 408 g/mol. The zero-order valence-corrected chi connectivity index (χ0v) is 20.0. The molecule has 1 fully saturated rings. The Morgan fingerprint density at radius 2 is 1.84 bits per heavy atom. The zero-order valence-electron chi connectivity index (χ0n) is 20.0. The highest BCUT2D eigenvalue weighted by molar-refractivity contribution is 5.97. The van der Waals surface area contributed by atoms with Gasteiger partial charge in [-0.15, -0.1) is 0 Å². The van der Waals surface area contributed by atoms with Crippen LogP contribution in [0.5, 0.6) is 0 Å². The van der Waals surface area contributed by atoms with Crippen LogP contribution in [0.3, 0.4) is 0 Å². The van der Waals surface area contributed by atoms with Crippen molar-refractivity contribution >= 4 is 29.6 Å². The lowest BCUT2D eigenvalue weighted by atomic mass is 9.95. The number of ketones is 1. The average Bonchev–Trinajstić information content (AvgIpc) is 2.77. The van der Waals surface area contributed by atoms with Crippen LogP contribution < -0.4 is 15.1 Å². The van der Waals surface area contributed by atoms with E-state index in [-0.39, 0.29) is 24.4 Å². The summed E-state index contributed by atoms with van der Waals surface area (Å²) >= 11 is 0. The summed E-state index contributed by atoms with van der Waals surface area (Å²) in [6.07, 6.45) is 3.39. The molecule has 2 rings (SSSR count). The average molecular weight is 447 g/mol. The molecule has 0 saturated carbocycles. The van der Waals surface area contributed by atoms with Crippen molar-refractivity contribution in [2.75, 3.05) is 43.0 Å².